The van der Waals surface area contributed by atoms with Gasteiger partial charge in [-0.05, 0) is 12.8 Å². The predicted molar refractivity (Wildman–Crippen MR) is 77.0 cm³/mol. The smallest absolute Gasteiger partial charge is 0.0836 e. The molecule has 0 saturated carbocycles. The van der Waals surface area contributed by atoms with Crippen LogP contribution in [0.1, 0.15) is 90.9 Å². The molecule has 0 N–H and O–H groups in total. The van der Waals surface area contributed by atoms with Gasteiger partial charge in [-0.2, -0.15) is 0 Å². The first-order valence-electron chi connectivity index (χ1n) is 7.85. The van der Waals surface area contributed by atoms with Gasteiger partial charge in [-0.3, -0.25) is 0 Å². The number of rotatable bonds is 14. The lowest BCUT2D eigenvalue weighted by molar-refractivity contribution is 0.184. The van der Waals surface area contributed by atoms with Crippen molar-refractivity contribution in [1.82, 2.24) is 0 Å². The largest absolute Gasteiger partial charge is 0.376 e. The molecule has 0 aromatic heterocycles. The van der Waals surface area contributed by atoms with Crippen LogP contribution in [0.5, 0.6) is 0 Å². The van der Waals surface area contributed by atoms with Crippen LogP contribution >= 0.6 is 0 Å². The molecule has 17 heavy (non-hydrogen) atoms. The maximum Gasteiger partial charge on any atom is 0.0836 e. The van der Waals surface area contributed by atoms with E-state index in [0.717, 1.165) is 13.0 Å². The van der Waals surface area contributed by atoms with Gasteiger partial charge in [0.15, 0.2) is 0 Å². The topological polar surface area (TPSA) is 9.23 Å². The third-order valence-corrected chi connectivity index (χ3v) is 3.16. The average molecular weight is 241 g/mol. The summed E-state index contributed by atoms with van der Waals surface area (Å²) in [6, 6.07) is 0. The molecule has 1 nitrogen and oxygen atoms in total. The lowest BCUT2D eigenvalue weighted by atomic mass is 10.1. The molecule has 0 fully saturated rings. The average Bonchev–Trinajstić information content (AvgIpc) is 2.35. The zero-order valence-electron chi connectivity index (χ0n) is 12.2. The van der Waals surface area contributed by atoms with E-state index in [1.807, 2.05) is 6.61 Å². The van der Waals surface area contributed by atoms with Gasteiger partial charge in [0.2, 0.25) is 0 Å². The van der Waals surface area contributed by atoms with Gasteiger partial charge in [-0.15, -0.1) is 0 Å². The van der Waals surface area contributed by atoms with Crippen LogP contribution in [0, 0.1) is 6.61 Å². The highest BCUT2D eigenvalue weighted by molar-refractivity contribution is 4.53. The maximum absolute atomic E-state index is 5.47. The van der Waals surface area contributed by atoms with E-state index in [0.29, 0.717) is 0 Å². The standard InChI is InChI=1S/C16H33O/c1-3-5-7-8-9-10-11-12-14-16-17-15-13-6-4-2/h16H,3-15H2,1-2H3. The van der Waals surface area contributed by atoms with Gasteiger partial charge in [0.1, 0.15) is 0 Å². The molecule has 0 aliphatic carbocycles. The molecule has 103 valence electrons. The third-order valence-electron chi connectivity index (χ3n) is 3.16. The Hall–Kier alpha value is -0.0400. The first kappa shape index (κ1) is 17.0. The van der Waals surface area contributed by atoms with Crippen molar-refractivity contribution in [3.8, 4) is 0 Å². The fourth-order valence-corrected chi connectivity index (χ4v) is 1.96. The van der Waals surface area contributed by atoms with Gasteiger partial charge in [0, 0.05) is 6.61 Å². The predicted octanol–water partition coefficient (Wildman–Crippen LogP) is 5.89. The summed E-state index contributed by atoms with van der Waals surface area (Å²) in [5, 5.41) is 0. The SMILES string of the molecule is CCCCCCCCCC[CH]OCCCCC. The Balaban J connectivity index is 2.85. The second kappa shape index (κ2) is 16.0. The van der Waals surface area contributed by atoms with Crippen LogP contribution in [-0.2, 0) is 4.74 Å². The van der Waals surface area contributed by atoms with Crippen molar-refractivity contribution in [3.63, 3.8) is 0 Å². The van der Waals surface area contributed by atoms with Gasteiger partial charge in [-0.1, -0.05) is 78.1 Å². The fraction of sp³-hybridized carbons (Fsp3) is 0.938. The molecule has 0 heterocycles. The van der Waals surface area contributed by atoms with Crippen molar-refractivity contribution in [2.24, 2.45) is 0 Å². The summed E-state index contributed by atoms with van der Waals surface area (Å²) in [5.74, 6) is 0. The van der Waals surface area contributed by atoms with Crippen molar-refractivity contribution in [1.29, 1.82) is 0 Å². The zero-order chi connectivity index (χ0) is 12.6. The third kappa shape index (κ3) is 16.0. The van der Waals surface area contributed by atoms with E-state index in [4.69, 9.17) is 4.74 Å². The number of ether oxygens (including phenoxy) is 1. The summed E-state index contributed by atoms with van der Waals surface area (Å²) >= 11 is 0. The number of unbranched alkanes of at least 4 members (excludes halogenated alkanes) is 10. The molecule has 0 aliphatic rings. The van der Waals surface area contributed by atoms with Crippen molar-refractivity contribution in [2.75, 3.05) is 6.61 Å². The van der Waals surface area contributed by atoms with E-state index in [-0.39, 0.29) is 0 Å². The van der Waals surface area contributed by atoms with Gasteiger partial charge >= 0.3 is 0 Å². The maximum atomic E-state index is 5.47. The molecule has 0 spiro atoms. The number of hydrogen-bond donors (Lipinski definition) is 0. The number of hydrogen-bond acceptors (Lipinski definition) is 1. The Kier molecular flexibility index (Phi) is 15.9. The minimum atomic E-state index is 0.921. The van der Waals surface area contributed by atoms with E-state index in [2.05, 4.69) is 13.8 Å². The molecule has 0 bridgehead atoms. The summed E-state index contributed by atoms with van der Waals surface area (Å²) in [7, 11) is 0. The molecule has 0 unspecified atom stereocenters. The summed E-state index contributed by atoms with van der Waals surface area (Å²) in [6.07, 6.45) is 16.1. The lowest BCUT2D eigenvalue weighted by Gasteiger charge is -2.03. The van der Waals surface area contributed by atoms with Crippen LogP contribution in [0.15, 0.2) is 0 Å². The first-order chi connectivity index (χ1) is 8.41. The van der Waals surface area contributed by atoms with E-state index >= 15 is 0 Å². The fourth-order valence-electron chi connectivity index (χ4n) is 1.96. The van der Waals surface area contributed by atoms with Gasteiger partial charge in [0.25, 0.3) is 0 Å². The summed E-state index contributed by atoms with van der Waals surface area (Å²) in [4.78, 5) is 0. The Morgan fingerprint density at radius 3 is 1.82 bits per heavy atom. The molecule has 0 aromatic rings. The molecule has 0 aliphatic heterocycles. The van der Waals surface area contributed by atoms with Crippen LogP contribution in [0.25, 0.3) is 0 Å². The van der Waals surface area contributed by atoms with Gasteiger partial charge in [0.05, 0.1) is 6.61 Å². The molecule has 0 saturated heterocycles. The van der Waals surface area contributed by atoms with Crippen molar-refractivity contribution >= 4 is 0 Å². The van der Waals surface area contributed by atoms with Gasteiger partial charge < -0.3 is 4.74 Å². The van der Waals surface area contributed by atoms with Crippen LogP contribution in [0.3, 0.4) is 0 Å². The highest BCUT2D eigenvalue weighted by Gasteiger charge is 1.93. The van der Waals surface area contributed by atoms with Crippen LogP contribution in [0.2, 0.25) is 0 Å². The Bertz CT molecular complexity index is 109. The second-order valence-corrected chi connectivity index (χ2v) is 5.01. The highest BCUT2D eigenvalue weighted by Crippen LogP contribution is 2.10. The Labute approximate surface area is 109 Å². The normalized spacial score (nSPS) is 10.9. The Morgan fingerprint density at radius 2 is 1.18 bits per heavy atom. The molecule has 1 radical (unpaired) electrons. The van der Waals surface area contributed by atoms with Crippen LogP contribution in [0.4, 0.5) is 0 Å². The monoisotopic (exact) mass is 241 g/mol. The van der Waals surface area contributed by atoms with E-state index < -0.39 is 0 Å². The molecule has 0 amide bonds. The van der Waals surface area contributed by atoms with E-state index in [9.17, 15) is 0 Å². The minimum absolute atomic E-state index is 0.921. The molecule has 1 heteroatoms. The van der Waals surface area contributed by atoms with Crippen molar-refractivity contribution < 1.29 is 4.74 Å². The summed E-state index contributed by atoms with van der Waals surface area (Å²) in [5.41, 5.74) is 0. The quantitative estimate of drug-likeness (QED) is 0.345. The molecule has 0 rings (SSSR count). The van der Waals surface area contributed by atoms with E-state index in [1.54, 1.807) is 0 Å². The molecular formula is C16H33O. The van der Waals surface area contributed by atoms with E-state index in [1.165, 1.54) is 70.6 Å². The van der Waals surface area contributed by atoms with Crippen molar-refractivity contribution in [2.45, 2.75) is 90.9 Å². The molecular weight excluding hydrogens is 208 g/mol. The van der Waals surface area contributed by atoms with Crippen molar-refractivity contribution in [3.05, 3.63) is 6.61 Å². The Morgan fingerprint density at radius 1 is 0.647 bits per heavy atom. The second-order valence-electron chi connectivity index (χ2n) is 5.01. The molecule has 0 aromatic carbocycles. The zero-order valence-corrected chi connectivity index (χ0v) is 12.2. The first-order valence-corrected chi connectivity index (χ1v) is 7.85. The minimum Gasteiger partial charge on any atom is -0.376 e. The van der Waals surface area contributed by atoms with Gasteiger partial charge in [-0.25, -0.2) is 0 Å². The lowest BCUT2D eigenvalue weighted by Crippen LogP contribution is -1.91. The highest BCUT2D eigenvalue weighted by atomic mass is 16.5. The summed E-state index contributed by atoms with van der Waals surface area (Å²) < 4.78 is 5.47. The summed E-state index contributed by atoms with van der Waals surface area (Å²) in [6.45, 7) is 7.44. The van der Waals surface area contributed by atoms with Crippen LogP contribution in [-0.4, -0.2) is 6.61 Å². The molecule has 0 atom stereocenters. The van der Waals surface area contributed by atoms with Crippen LogP contribution < -0.4 is 0 Å².